The van der Waals surface area contributed by atoms with Gasteiger partial charge < -0.3 is 10.2 Å². The minimum atomic E-state index is 0.105. The van der Waals surface area contributed by atoms with Crippen molar-refractivity contribution in [2.45, 2.75) is 32.7 Å². The van der Waals surface area contributed by atoms with Crippen molar-refractivity contribution in [3.05, 3.63) is 29.8 Å². The van der Waals surface area contributed by atoms with E-state index in [4.69, 9.17) is 0 Å². The Labute approximate surface area is 127 Å². The molecule has 0 saturated carbocycles. The highest BCUT2D eigenvalue weighted by Gasteiger charge is 2.19. The topological polar surface area (TPSA) is 32.3 Å². The fourth-order valence-corrected chi connectivity index (χ4v) is 2.91. The van der Waals surface area contributed by atoms with Crippen LogP contribution in [0.25, 0.3) is 0 Å². The molecule has 20 heavy (non-hydrogen) atoms. The Hall–Kier alpha value is -1.16. The number of hydrogen-bond acceptors (Lipinski definition) is 3. The number of carbonyl (C=O) groups is 1. The third-order valence-electron chi connectivity index (χ3n) is 3.41. The van der Waals surface area contributed by atoms with Crippen molar-refractivity contribution >= 4 is 23.4 Å². The number of carbonyl (C=O) groups excluding carboxylic acids is 1. The fraction of sp³-hybridized carbons (Fsp3) is 0.562. The van der Waals surface area contributed by atoms with E-state index >= 15 is 0 Å². The number of nitrogens with one attached hydrogen (secondary N) is 1. The van der Waals surface area contributed by atoms with Gasteiger partial charge >= 0.3 is 0 Å². The van der Waals surface area contributed by atoms with Crippen molar-refractivity contribution in [2.24, 2.45) is 0 Å². The van der Waals surface area contributed by atoms with Crippen molar-refractivity contribution in [3.63, 3.8) is 0 Å². The maximum Gasteiger partial charge on any atom is 0.253 e. The molecule has 0 aliphatic carbocycles. The van der Waals surface area contributed by atoms with E-state index in [9.17, 15) is 4.79 Å². The summed E-state index contributed by atoms with van der Waals surface area (Å²) in [6.07, 6.45) is 4.16. The minimum Gasteiger partial charge on any atom is -0.385 e. The van der Waals surface area contributed by atoms with Crippen LogP contribution < -0.4 is 5.32 Å². The van der Waals surface area contributed by atoms with Gasteiger partial charge in [-0.2, -0.15) is 11.8 Å². The van der Waals surface area contributed by atoms with E-state index in [1.807, 2.05) is 36.2 Å². The Kier molecular flexibility index (Phi) is 7.52. The molecule has 0 bridgehead atoms. The number of benzene rings is 1. The molecule has 1 N–H and O–H groups in total. The largest absolute Gasteiger partial charge is 0.385 e. The van der Waals surface area contributed by atoms with Crippen LogP contribution in [0.4, 0.5) is 5.69 Å². The molecule has 1 aromatic carbocycles. The molecule has 112 valence electrons. The van der Waals surface area contributed by atoms with Gasteiger partial charge in [0, 0.05) is 36.6 Å². The van der Waals surface area contributed by atoms with E-state index < -0.39 is 0 Å². The van der Waals surface area contributed by atoms with E-state index in [0.717, 1.165) is 36.4 Å². The first-order valence-electron chi connectivity index (χ1n) is 7.24. The molecule has 3 nitrogen and oxygen atoms in total. The number of thioether (sulfide) groups is 1. The smallest absolute Gasteiger partial charge is 0.253 e. The van der Waals surface area contributed by atoms with Crippen molar-refractivity contribution < 1.29 is 4.79 Å². The summed E-state index contributed by atoms with van der Waals surface area (Å²) in [6, 6.07) is 8.07. The summed E-state index contributed by atoms with van der Waals surface area (Å²) in [5.74, 6) is 1.09. The van der Waals surface area contributed by atoms with Gasteiger partial charge in [-0.1, -0.05) is 13.8 Å². The zero-order valence-corrected chi connectivity index (χ0v) is 13.8. The maximum absolute atomic E-state index is 12.4. The van der Waals surface area contributed by atoms with Gasteiger partial charge in [-0.25, -0.2) is 0 Å². The molecule has 1 unspecified atom stereocenters. The lowest BCUT2D eigenvalue weighted by Gasteiger charge is -2.27. The summed E-state index contributed by atoms with van der Waals surface area (Å²) in [5, 5.41) is 3.32. The standard InChI is InChI=1S/C16H26N2OS/c1-5-11-17-14-9-7-13(8-10-14)16(19)18(3)15(6-2)12-20-4/h7-10,15,17H,5-6,11-12H2,1-4H3. The number of rotatable bonds is 8. The van der Waals surface area contributed by atoms with Crippen LogP contribution >= 0.6 is 11.8 Å². The van der Waals surface area contributed by atoms with Gasteiger partial charge in [-0.05, 0) is 43.4 Å². The van der Waals surface area contributed by atoms with Crippen molar-refractivity contribution in [1.82, 2.24) is 4.90 Å². The average molecular weight is 294 g/mol. The summed E-state index contributed by atoms with van der Waals surface area (Å²) in [4.78, 5) is 14.3. The van der Waals surface area contributed by atoms with Crippen LogP contribution in [0.3, 0.4) is 0 Å². The molecule has 0 aromatic heterocycles. The van der Waals surface area contributed by atoms with Crippen molar-refractivity contribution in [1.29, 1.82) is 0 Å². The van der Waals surface area contributed by atoms with Crippen LogP contribution in [0.5, 0.6) is 0 Å². The monoisotopic (exact) mass is 294 g/mol. The predicted molar refractivity (Wildman–Crippen MR) is 89.8 cm³/mol. The summed E-state index contributed by atoms with van der Waals surface area (Å²) in [6.45, 7) is 5.22. The first-order valence-corrected chi connectivity index (χ1v) is 8.63. The first kappa shape index (κ1) is 16.9. The Morgan fingerprint density at radius 3 is 2.45 bits per heavy atom. The Bertz CT molecular complexity index is 405. The molecule has 0 heterocycles. The van der Waals surface area contributed by atoms with E-state index in [1.54, 1.807) is 11.8 Å². The second-order valence-electron chi connectivity index (χ2n) is 4.94. The molecular weight excluding hydrogens is 268 g/mol. The van der Waals surface area contributed by atoms with Gasteiger partial charge in [0.1, 0.15) is 0 Å². The molecule has 1 aromatic rings. The molecule has 1 rings (SSSR count). The Morgan fingerprint density at radius 2 is 1.95 bits per heavy atom. The maximum atomic E-state index is 12.4. The molecule has 0 radical (unpaired) electrons. The molecule has 0 fully saturated rings. The molecule has 0 aliphatic rings. The molecule has 1 atom stereocenters. The highest BCUT2D eigenvalue weighted by Crippen LogP contribution is 2.15. The lowest BCUT2D eigenvalue weighted by molar-refractivity contribution is 0.0743. The summed E-state index contributed by atoms with van der Waals surface area (Å²) in [7, 11) is 1.90. The van der Waals surface area contributed by atoms with Gasteiger partial charge in [0.05, 0.1) is 0 Å². The molecule has 0 spiro atoms. The van der Waals surface area contributed by atoms with Crippen LogP contribution in [0.1, 0.15) is 37.0 Å². The van der Waals surface area contributed by atoms with Crippen molar-refractivity contribution in [2.75, 3.05) is 30.9 Å². The third-order valence-corrected chi connectivity index (χ3v) is 4.13. The summed E-state index contributed by atoms with van der Waals surface area (Å²) in [5.41, 5.74) is 1.83. The predicted octanol–water partition coefficient (Wildman–Crippen LogP) is 3.72. The second-order valence-corrected chi connectivity index (χ2v) is 5.85. The highest BCUT2D eigenvalue weighted by atomic mass is 32.2. The summed E-state index contributed by atoms with van der Waals surface area (Å²) < 4.78 is 0. The van der Waals surface area contributed by atoms with E-state index in [-0.39, 0.29) is 5.91 Å². The molecule has 4 heteroatoms. The number of anilines is 1. The fourth-order valence-electron chi connectivity index (χ4n) is 2.07. The number of hydrogen-bond donors (Lipinski definition) is 1. The van der Waals surface area contributed by atoms with E-state index in [0.29, 0.717) is 6.04 Å². The second kappa shape index (κ2) is 8.90. The van der Waals surface area contributed by atoms with Gasteiger partial charge in [0.15, 0.2) is 0 Å². The third kappa shape index (κ3) is 4.75. The molecule has 0 saturated heterocycles. The van der Waals surface area contributed by atoms with Crippen LogP contribution in [-0.4, -0.2) is 42.4 Å². The van der Waals surface area contributed by atoms with Gasteiger partial charge in [-0.3, -0.25) is 4.79 Å². The quantitative estimate of drug-likeness (QED) is 0.793. The van der Waals surface area contributed by atoms with Crippen LogP contribution in [-0.2, 0) is 0 Å². The van der Waals surface area contributed by atoms with Gasteiger partial charge in [0.2, 0.25) is 0 Å². The SMILES string of the molecule is CCCNc1ccc(C(=O)N(C)C(CC)CSC)cc1. The Morgan fingerprint density at radius 1 is 1.30 bits per heavy atom. The summed E-state index contributed by atoms with van der Waals surface area (Å²) >= 11 is 1.78. The average Bonchev–Trinajstić information content (AvgIpc) is 2.49. The van der Waals surface area contributed by atoms with Crippen molar-refractivity contribution in [3.8, 4) is 0 Å². The molecule has 0 aliphatic heterocycles. The Balaban J connectivity index is 2.70. The minimum absolute atomic E-state index is 0.105. The number of amides is 1. The normalized spacial score (nSPS) is 12.0. The first-order chi connectivity index (χ1) is 9.63. The zero-order chi connectivity index (χ0) is 15.0. The van der Waals surface area contributed by atoms with Crippen LogP contribution in [0, 0.1) is 0 Å². The molecule has 1 amide bonds. The molecular formula is C16H26N2OS. The zero-order valence-electron chi connectivity index (χ0n) is 13.0. The van der Waals surface area contributed by atoms with E-state index in [2.05, 4.69) is 25.4 Å². The lowest BCUT2D eigenvalue weighted by Crippen LogP contribution is -2.38. The highest BCUT2D eigenvalue weighted by molar-refractivity contribution is 7.98. The van der Waals surface area contributed by atoms with Crippen LogP contribution in [0.2, 0.25) is 0 Å². The lowest BCUT2D eigenvalue weighted by atomic mass is 10.1. The van der Waals surface area contributed by atoms with E-state index in [1.165, 1.54) is 0 Å². The van der Waals surface area contributed by atoms with Crippen LogP contribution in [0.15, 0.2) is 24.3 Å². The van der Waals surface area contributed by atoms with Gasteiger partial charge in [-0.15, -0.1) is 0 Å². The van der Waals surface area contributed by atoms with Gasteiger partial charge in [0.25, 0.3) is 5.91 Å². The number of nitrogens with zero attached hydrogens (tertiary/aromatic N) is 1.